The zero-order valence-corrected chi connectivity index (χ0v) is 23.0. The fraction of sp³-hybridized carbons (Fsp3) is 0.103. The number of hydrogen-bond acceptors (Lipinski definition) is 5. The van der Waals surface area contributed by atoms with Gasteiger partial charge in [0, 0.05) is 57.6 Å². The predicted octanol–water partition coefficient (Wildman–Crippen LogP) is 5.61. The number of H-pyrrole nitrogens is 1. The van der Waals surface area contributed by atoms with Crippen molar-refractivity contribution in [1.82, 2.24) is 4.98 Å². The number of carbonyl (C=O) groups is 2. The van der Waals surface area contributed by atoms with E-state index in [-0.39, 0.29) is 35.9 Å². The van der Waals surface area contributed by atoms with Crippen molar-refractivity contribution in [2.45, 2.75) is 5.92 Å². The van der Waals surface area contributed by atoms with Crippen molar-refractivity contribution in [2.24, 2.45) is 0 Å². The molecule has 0 radical (unpaired) electrons. The monoisotopic (exact) mass is 590 g/mol. The smallest absolute Gasteiger partial charge is 0.404 e. The molecule has 6 rings (SSSR count). The molecule has 1 aromatic heterocycles. The number of alkyl halides is 1. The minimum Gasteiger partial charge on any atom is -0.404 e. The third-order valence-electron chi connectivity index (χ3n) is 7.06. The van der Waals surface area contributed by atoms with Gasteiger partial charge in [0.15, 0.2) is 0 Å². The van der Waals surface area contributed by atoms with Crippen LogP contribution in [0.4, 0.5) is 17.1 Å². The molecule has 1 aliphatic heterocycles. The Hall–Kier alpha value is -4.34. The van der Waals surface area contributed by atoms with E-state index in [0.29, 0.717) is 50.0 Å². The predicted molar refractivity (Wildman–Crippen MR) is 159 cm³/mol. The number of nitrogens with zero attached hydrogens (tertiary/aromatic N) is 1. The number of rotatable bonds is 6. The number of nitrogen functional groups attached to an aromatic ring is 1. The van der Waals surface area contributed by atoms with E-state index < -0.39 is 7.82 Å². The summed E-state index contributed by atoms with van der Waals surface area (Å²) in [5, 5.41) is 4.77. The van der Waals surface area contributed by atoms with Crippen LogP contribution in [0.25, 0.3) is 21.7 Å². The van der Waals surface area contributed by atoms with E-state index in [1.807, 2.05) is 6.07 Å². The van der Waals surface area contributed by atoms with Gasteiger partial charge in [-0.3, -0.25) is 19.4 Å². The Kier molecular flexibility index (Phi) is 6.71. The minimum atomic E-state index is -4.87. The average molecular weight is 591 g/mol. The molecule has 208 valence electrons. The van der Waals surface area contributed by atoms with E-state index in [2.05, 4.69) is 10.3 Å². The number of phosphoric acid groups is 1. The molecule has 41 heavy (non-hydrogen) atoms. The first-order valence-electron chi connectivity index (χ1n) is 12.6. The second-order valence-electron chi connectivity index (χ2n) is 9.76. The summed E-state index contributed by atoms with van der Waals surface area (Å²) in [6.45, 7) is 0.277. The Morgan fingerprint density at radius 2 is 1.78 bits per heavy atom. The largest absolute Gasteiger partial charge is 0.524 e. The molecule has 6 N–H and O–H groups in total. The molecule has 0 fully saturated rings. The van der Waals surface area contributed by atoms with E-state index in [1.54, 1.807) is 66.7 Å². The highest BCUT2D eigenvalue weighted by Crippen LogP contribution is 2.49. The molecule has 2 amide bonds. The first kappa shape index (κ1) is 26.9. The molecule has 1 atom stereocenters. The summed E-state index contributed by atoms with van der Waals surface area (Å²) in [4.78, 5) is 50.2. The van der Waals surface area contributed by atoms with Crippen LogP contribution in [0.3, 0.4) is 0 Å². The molecule has 0 unspecified atom stereocenters. The maximum absolute atomic E-state index is 13.8. The molecule has 0 spiro atoms. The molecule has 0 saturated carbocycles. The summed E-state index contributed by atoms with van der Waals surface area (Å²) in [6.07, 6.45) is 0. The molecule has 0 aliphatic carbocycles. The third-order valence-corrected chi connectivity index (χ3v) is 7.87. The van der Waals surface area contributed by atoms with Crippen LogP contribution in [0.15, 0.2) is 78.9 Å². The summed E-state index contributed by atoms with van der Waals surface area (Å²) < 4.78 is 16.7. The van der Waals surface area contributed by atoms with Gasteiger partial charge in [-0.2, -0.15) is 0 Å². The summed E-state index contributed by atoms with van der Waals surface area (Å²) in [5.74, 6) is -0.635. The number of anilines is 3. The van der Waals surface area contributed by atoms with Crippen LogP contribution in [0.2, 0.25) is 0 Å². The fourth-order valence-electron chi connectivity index (χ4n) is 5.24. The third kappa shape index (κ3) is 5.14. The number of carbonyl (C=O) groups excluding carboxylic acids is 2. The van der Waals surface area contributed by atoms with E-state index in [0.717, 1.165) is 5.56 Å². The number of amides is 2. The minimum absolute atomic E-state index is 0.0289. The molecule has 2 heterocycles. The lowest BCUT2D eigenvalue weighted by molar-refractivity contribution is 0.0983. The van der Waals surface area contributed by atoms with Gasteiger partial charge in [0.2, 0.25) is 0 Å². The topological polar surface area (TPSA) is 158 Å². The number of nitrogens with one attached hydrogen (secondary N) is 2. The number of fused-ring (bicyclic) bond motifs is 4. The second kappa shape index (κ2) is 10.2. The van der Waals surface area contributed by atoms with Crippen molar-refractivity contribution in [2.75, 3.05) is 28.4 Å². The molecular weight excluding hydrogens is 567 g/mol. The molecule has 1 aliphatic rings. The Labute approximate surface area is 238 Å². The van der Waals surface area contributed by atoms with Crippen molar-refractivity contribution in [3.63, 3.8) is 0 Å². The van der Waals surface area contributed by atoms with Gasteiger partial charge in [-0.1, -0.05) is 24.3 Å². The Morgan fingerprint density at radius 1 is 1.05 bits per heavy atom. The van der Waals surface area contributed by atoms with E-state index in [9.17, 15) is 23.9 Å². The van der Waals surface area contributed by atoms with Crippen molar-refractivity contribution in [3.05, 3.63) is 95.7 Å². The Balaban J connectivity index is 1.34. The first-order valence-corrected chi connectivity index (χ1v) is 14.7. The van der Waals surface area contributed by atoms with Gasteiger partial charge >= 0.3 is 7.82 Å². The zero-order chi connectivity index (χ0) is 28.9. The molecule has 5 aromatic rings. The van der Waals surface area contributed by atoms with E-state index in [1.165, 1.54) is 11.0 Å². The molecule has 4 aromatic carbocycles. The number of nitrogens with two attached hydrogens (primary N) is 1. The summed E-state index contributed by atoms with van der Waals surface area (Å²) in [7, 11) is -4.87. The van der Waals surface area contributed by atoms with Crippen LogP contribution < -0.4 is 20.5 Å². The van der Waals surface area contributed by atoms with Crippen LogP contribution in [0.5, 0.6) is 5.75 Å². The van der Waals surface area contributed by atoms with Gasteiger partial charge in [-0.15, -0.1) is 11.6 Å². The van der Waals surface area contributed by atoms with Gasteiger partial charge in [-0.25, -0.2) is 4.57 Å². The Bertz CT molecular complexity index is 1880. The Morgan fingerprint density at radius 3 is 2.49 bits per heavy atom. The van der Waals surface area contributed by atoms with Crippen molar-refractivity contribution >= 4 is 70.0 Å². The van der Waals surface area contributed by atoms with Crippen LogP contribution in [0, 0.1) is 0 Å². The average Bonchev–Trinajstić information content (AvgIpc) is 3.53. The zero-order valence-electron chi connectivity index (χ0n) is 21.4. The lowest BCUT2D eigenvalue weighted by Crippen LogP contribution is -2.30. The lowest BCUT2D eigenvalue weighted by atomic mass is 9.95. The molecule has 0 saturated heterocycles. The number of aromatic nitrogens is 1. The number of hydrogen-bond donors (Lipinski definition) is 5. The molecule has 12 heteroatoms. The van der Waals surface area contributed by atoms with Crippen LogP contribution >= 0.6 is 19.4 Å². The summed E-state index contributed by atoms with van der Waals surface area (Å²) in [6, 6.07) is 22.1. The highest BCUT2D eigenvalue weighted by molar-refractivity contribution is 7.46. The maximum Gasteiger partial charge on any atom is 0.524 e. The quantitative estimate of drug-likeness (QED) is 0.0976. The highest BCUT2D eigenvalue weighted by atomic mass is 35.5. The summed E-state index contributed by atoms with van der Waals surface area (Å²) >= 11 is 6.33. The number of benzene rings is 4. The second-order valence-corrected chi connectivity index (χ2v) is 11.2. The SMILES string of the molecule is Nc1ccc(C(=O)Nc2ccc3[nH]c(C(=O)N4C[C@@H](CCl)c5c4cc(OP(=O)(O)O)c4ccccc54)cc3c2)cc1. The number of phosphoric ester groups is 1. The normalized spacial score (nSPS) is 14.8. The van der Waals surface area contributed by atoms with Gasteiger partial charge in [0.1, 0.15) is 11.4 Å². The van der Waals surface area contributed by atoms with E-state index >= 15 is 0 Å². The standard InChI is InChI=1S/C29H24ClN4O6P/c30-14-18-15-34(25-13-26(40-41(37,38)39)21-3-1-2-4-22(21)27(18)25)29(36)24-12-17-11-20(9-10-23(17)33-24)32-28(35)16-5-7-19(31)8-6-16/h1-13,18,33H,14-15,31H2,(H,32,35)(H2,37,38,39)/t18-/m1/s1. The van der Waals surface area contributed by atoms with Crippen LogP contribution in [0.1, 0.15) is 32.3 Å². The van der Waals surface area contributed by atoms with Crippen LogP contribution in [-0.4, -0.2) is 39.0 Å². The maximum atomic E-state index is 13.8. The van der Waals surface area contributed by atoms with Crippen molar-refractivity contribution in [1.29, 1.82) is 0 Å². The number of halogens is 1. The first-order chi connectivity index (χ1) is 19.6. The number of aromatic amines is 1. The van der Waals surface area contributed by atoms with Gasteiger partial charge < -0.3 is 25.5 Å². The van der Waals surface area contributed by atoms with Crippen LogP contribution in [-0.2, 0) is 4.57 Å². The summed E-state index contributed by atoms with van der Waals surface area (Å²) in [5.41, 5.74) is 9.54. The van der Waals surface area contributed by atoms with E-state index in [4.69, 9.17) is 21.9 Å². The van der Waals surface area contributed by atoms with Gasteiger partial charge in [0.25, 0.3) is 11.8 Å². The molecular formula is C29H24ClN4O6P. The highest BCUT2D eigenvalue weighted by Gasteiger charge is 2.36. The molecule has 10 nitrogen and oxygen atoms in total. The van der Waals surface area contributed by atoms with Gasteiger partial charge in [-0.05, 0) is 59.5 Å². The van der Waals surface area contributed by atoms with Crippen molar-refractivity contribution in [3.8, 4) is 5.75 Å². The van der Waals surface area contributed by atoms with Gasteiger partial charge in [0.05, 0.1) is 5.69 Å². The molecule has 0 bridgehead atoms. The fourth-order valence-corrected chi connectivity index (χ4v) is 5.90. The lowest BCUT2D eigenvalue weighted by Gasteiger charge is -2.19. The van der Waals surface area contributed by atoms with Crippen molar-refractivity contribution < 1.29 is 28.5 Å².